The van der Waals surface area contributed by atoms with Gasteiger partial charge in [0.2, 0.25) is 0 Å². The average molecular weight is 376 g/mol. The highest BCUT2D eigenvalue weighted by molar-refractivity contribution is 6.33. The standard InChI is InChI=1S/C20H26ClN3O2/c1-3-4-5-10-26-19-12-16(22)15(21)11-14(19)20(25)23-17-8-6-13-7-9-18(17)24(13)2/h11-13,17-18H,3,6-10,22H2,1-2H3,(H,23,25). The molecule has 2 fully saturated rings. The van der Waals surface area contributed by atoms with E-state index in [0.717, 1.165) is 25.7 Å². The summed E-state index contributed by atoms with van der Waals surface area (Å²) in [6.45, 7) is 2.19. The van der Waals surface area contributed by atoms with Crippen molar-refractivity contribution in [3.8, 4) is 17.6 Å². The van der Waals surface area contributed by atoms with Gasteiger partial charge in [0, 0.05) is 30.6 Å². The smallest absolute Gasteiger partial charge is 0.255 e. The monoisotopic (exact) mass is 375 g/mol. The van der Waals surface area contributed by atoms with E-state index in [-0.39, 0.29) is 18.6 Å². The molecule has 2 aliphatic rings. The summed E-state index contributed by atoms with van der Waals surface area (Å²) in [5.41, 5.74) is 6.68. The third-order valence-electron chi connectivity index (χ3n) is 5.43. The minimum Gasteiger partial charge on any atom is -0.480 e. The molecule has 3 N–H and O–H groups in total. The van der Waals surface area contributed by atoms with E-state index in [0.29, 0.717) is 34.1 Å². The molecule has 1 amide bonds. The maximum atomic E-state index is 12.9. The Morgan fingerprint density at radius 1 is 1.35 bits per heavy atom. The molecule has 1 aromatic carbocycles. The zero-order valence-electron chi connectivity index (χ0n) is 15.3. The van der Waals surface area contributed by atoms with Gasteiger partial charge >= 0.3 is 0 Å². The summed E-state index contributed by atoms with van der Waals surface area (Å²) in [4.78, 5) is 15.3. The van der Waals surface area contributed by atoms with Crippen molar-refractivity contribution < 1.29 is 9.53 Å². The number of benzene rings is 1. The first-order valence-corrected chi connectivity index (χ1v) is 9.59. The first-order valence-electron chi connectivity index (χ1n) is 9.21. The first kappa shape index (κ1) is 18.9. The summed E-state index contributed by atoms with van der Waals surface area (Å²) in [6, 6.07) is 4.40. The third-order valence-corrected chi connectivity index (χ3v) is 5.76. The molecule has 2 saturated heterocycles. The van der Waals surface area contributed by atoms with Gasteiger partial charge in [-0.05, 0) is 38.8 Å². The van der Waals surface area contributed by atoms with Crippen LogP contribution in [-0.4, -0.2) is 42.6 Å². The molecule has 2 heterocycles. The minimum absolute atomic E-state index is 0.148. The lowest BCUT2D eigenvalue weighted by molar-refractivity contribution is 0.0852. The maximum Gasteiger partial charge on any atom is 0.255 e. The minimum atomic E-state index is -0.172. The largest absolute Gasteiger partial charge is 0.480 e. The van der Waals surface area contributed by atoms with Crippen molar-refractivity contribution in [2.75, 3.05) is 19.4 Å². The topological polar surface area (TPSA) is 67.6 Å². The maximum absolute atomic E-state index is 12.9. The predicted octanol–water partition coefficient (Wildman–Crippen LogP) is 3.07. The number of likely N-dealkylation sites (N-methyl/N-ethyl adjacent to an activating group) is 1. The van der Waals surface area contributed by atoms with E-state index in [1.807, 2.05) is 6.92 Å². The molecule has 0 radical (unpaired) electrons. The van der Waals surface area contributed by atoms with Crippen LogP contribution in [0.2, 0.25) is 5.02 Å². The number of nitrogens with one attached hydrogen (secondary N) is 1. The first-order chi connectivity index (χ1) is 12.5. The fraction of sp³-hybridized carbons (Fsp3) is 0.550. The molecular weight excluding hydrogens is 350 g/mol. The quantitative estimate of drug-likeness (QED) is 0.627. The Morgan fingerprint density at radius 2 is 2.12 bits per heavy atom. The van der Waals surface area contributed by atoms with Crippen molar-refractivity contribution in [3.63, 3.8) is 0 Å². The van der Waals surface area contributed by atoms with Crippen LogP contribution < -0.4 is 15.8 Å². The summed E-state index contributed by atoms with van der Waals surface area (Å²) >= 11 is 6.15. The van der Waals surface area contributed by atoms with Gasteiger partial charge in [0.05, 0.1) is 16.3 Å². The number of ether oxygens (including phenoxy) is 1. The van der Waals surface area contributed by atoms with Crippen molar-refractivity contribution in [2.45, 2.75) is 57.2 Å². The van der Waals surface area contributed by atoms with Gasteiger partial charge in [0.25, 0.3) is 5.91 Å². The molecule has 26 heavy (non-hydrogen) atoms. The van der Waals surface area contributed by atoms with Crippen LogP contribution in [0, 0.1) is 11.8 Å². The summed E-state index contributed by atoms with van der Waals surface area (Å²) < 4.78 is 5.68. The van der Waals surface area contributed by atoms with E-state index in [1.165, 1.54) is 6.42 Å². The molecule has 3 rings (SSSR count). The number of carbonyl (C=O) groups is 1. The second kappa shape index (κ2) is 8.20. The Morgan fingerprint density at radius 3 is 2.88 bits per heavy atom. The predicted molar refractivity (Wildman–Crippen MR) is 104 cm³/mol. The second-order valence-electron chi connectivity index (χ2n) is 6.99. The van der Waals surface area contributed by atoms with Crippen LogP contribution in [0.1, 0.15) is 49.4 Å². The number of amides is 1. The Labute approximate surface area is 160 Å². The number of anilines is 1. The summed E-state index contributed by atoms with van der Waals surface area (Å²) in [5, 5.41) is 3.54. The molecular formula is C20H26ClN3O2. The van der Waals surface area contributed by atoms with Gasteiger partial charge in [0.1, 0.15) is 12.4 Å². The van der Waals surface area contributed by atoms with Gasteiger partial charge in [-0.25, -0.2) is 0 Å². The van der Waals surface area contributed by atoms with E-state index < -0.39 is 0 Å². The summed E-state index contributed by atoms with van der Waals surface area (Å²) in [6.07, 6.45) is 5.23. The molecule has 6 heteroatoms. The lowest BCUT2D eigenvalue weighted by atomic mass is 9.97. The second-order valence-corrected chi connectivity index (χ2v) is 7.39. The third kappa shape index (κ3) is 3.92. The zero-order valence-corrected chi connectivity index (χ0v) is 16.1. The van der Waals surface area contributed by atoms with Gasteiger partial charge in [-0.15, -0.1) is 5.92 Å². The van der Waals surface area contributed by atoms with Crippen molar-refractivity contribution in [1.29, 1.82) is 0 Å². The van der Waals surface area contributed by atoms with E-state index in [1.54, 1.807) is 12.1 Å². The van der Waals surface area contributed by atoms with Crippen LogP contribution in [0.5, 0.6) is 5.75 Å². The number of rotatable bonds is 4. The molecule has 1 aromatic rings. The van der Waals surface area contributed by atoms with Crippen LogP contribution in [0.25, 0.3) is 0 Å². The number of nitrogens with zero attached hydrogens (tertiary/aromatic N) is 1. The number of fused-ring (bicyclic) bond motifs is 2. The highest BCUT2D eigenvalue weighted by Gasteiger charge is 2.40. The normalized spacial score (nSPS) is 24.7. The molecule has 0 saturated carbocycles. The highest BCUT2D eigenvalue weighted by Crippen LogP contribution is 2.35. The van der Waals surface area contributed by atoms with Gasteiger partial charge in [-0.1, -0.05) is 24.4 Å². The lowest BCUT2D eigenvalue weighted by Gasteiger charge is -2.37. The average Bonchev–Trinajstić information content (AvgIpc) is 2.85. The van der Waals surface area contributed by atoms with Crippen molar-refractivity contribution in [1.82, 2.24) is 10.2 Å². The fourth-order valence-electron chi connectivity index (χ4n) is 4.01. The van der Waals surface area contributed by atoms with Crippen LogP contribution >= 0.6 is 11.6 Å². The Balaban J connectivity index is 1.76. The number of carbonyl (C=O) groups excluding carboxylic acids is 1. The van der Waals surface area contributed by atoms with Crippen LogP contribution in [-0.2, 0) is 0 Å². The van der Waals surface area contributed by atoms with E-state index in [2.05, 4.69) is 29.1 Å². The number of hydrogen-bond donors (Lipinski definition) is 2. The van der Waals surface area contributed by atoms with Gasteiger partial charge in [-0.3, -0.25) is 9.69 Å². The van der Waals surface area contributed by atoms with Gasteiger partial charge in [-0.2, -0.15) is 0 Å². The number of hydrogen-bond acceptors (Lipinski definition) is 4. The zero-order chi connectivity index (χ0) is 18.7. The van der Waals surface area contributed by atoms with Crippen LogP contribution in [0.15, 0.2) is 12.1 Å². The molecule has 0 spiro atoms. The van der Waals surface area contributed by atoms with E-state index in [9.17, 15) is 4.79 Å². The Hall–Kier alpha value is -1.90. The number of halogens is 1. The van der Waals surface area contributed by atoms with E-state index in [4.69, 9.17) is 22.1 Å². The van der Waals surface area contributed by atoms with Gasteiger partial charge in [0.15, 0.2) is 0 Å². The van der Waals surface area contributed by atoms with Crippen molar-refractivity contribution in [2.24, 2.45) is 0 Å². The molecule has 3 atom stereocenters. The Kier molecular flexibility index (Phi) is 5.95. The Bertz CT molecular complexity index is 741. The number of nitrogens with two attached hydrogens (primary N) is 1. The van der Waals surface area contributed by atoms with Crippen LogP contribution in [0.4, 0.5) is 5.69 Å². The summed E-state index contributed by atoms with van der Waals surface area (Å²) in [7, 11) is 2.15. The molecule has 3 unspecified atom stereocenters. The molecule has 0 aromatic heterocycles. The van der Waals surface area contributed by atoms with Gasteiger partial charge < -0.3 is 15.8 Å². The van der Waals surface area contributed by atoms with Crippen LogP contribution in [0.3, 0.4) is 0 Å². The molecule has 5 nitrogen and oxygen atoms in total. The SMILES string of the molecule is CCC#CCOc1cc(N)c(Cl)cc1C(=O)NC1CCC2CCC1N2C. The highest BCUT2D eigenvalue weighted by atomic mass is 35.5. The number of nitrogen functional groups attached to an aromatic ring is 1. The fourth-order valence-corrected chi connectivity index (χ4v) is 4.17. The van der Waals surface area contributed by atoms with Crippen molar-refractivity contribution >= 4 is 23.2 Å². The van der Waals surface area contributed by atoms with E-state index >= 15 is 0 Å². The van der Waals surface area contributed by atoms with Crippen molar-refractivity contribution in [3.05, 3.63) is 22.7 Å². The summed E-state index contributed by atoms with van der Waals surface area (Å²) in [5.74, 6) is 6.10. The molecule has 2 bridgehead atoms. The molecule has 140 valence electrons. The lowest BCUT2D eigenvalue weighted by Crippen LogP contribution is -2.52. The molecule has 0 aliphatic carbocycles. The number of piperidine rings is 1. The molecule has 2 aliphatic heterocycles.